The number of aromatic nitrogens is 2. The Hall–Kier alpha value is -1.65. The Morgan fingerprint density at radius 1 is 1.28 bits per heavy atom. The lowest BCUT2D eigenvalue weighted by Crippen LogP contribution is -2.41. The number of hydrogen-bond acceptors (Lipinski definition) is 5. The van der Waals surface area contributed by atoms with Crippen molar-refractivity contribution in [3.8, 4) is 0 Å². The van der Waals surface area contributed by atoms with E-state index in [-0.39, 0.29) is 0 Å². The lowest BCUT2D eigenvalue weighted by Gasteiger charge is -2.15. The van der Waals surface area contributed by atoms with Crippen LogP contribution in [0.2, 0.25) is 0 Å². The van der Waals surface area contributed by atoms with E-state index in [1.807, 2.05) is 12.4 Å². The molecule has 0 spiro atoms. The van der Waals surface area contributed by atoms with Gasteiger partial charge in [0.1, 0.15) is 5.82 Å². The predicted molar refractivity (Wildman–Crippen MR) is 70.6 cm³/mol. The van der Waals surface area contributed by atoms with Gasteiger partial charge in [0.25, 0.3) is 0 Å². The highest BCUT2D eigenvalue weighted by Gasteiger charge is 2.25. The molecule has 2 aliphatic rings. The van der Waals surface area contributed by atoms with Crippen LogP contribution in [0.15, 0.2) is 17.4 Å². The Balaban J connectivity index is 1.45. The van der Waals surface area contributed by atoms with Gasteiger partial charge in [0, 0.05) is 37.9 Å². The Morgan fingerprint density at radius 3 is 2.78 bits per heavy atom. The van der Waals surface area contributed by atoms with E-state index >= 15 is 0 Å². The van der Waals surface area contributed by atoms with Crippen LogP contribution in [0.5, 0.6) is 0 Å². The Bertz CT molecular complexity index is 422. The molecule has 0 saturated heterocycles. The molecule has 1 aliphatic heterocycles. The van der Waals surface area contributed by atoms with Crippen LogP contribution in [0.1, 0.15) is 36.6 Å². The molecule has 0 atom stereocenters. The first kappa shape index (κ1) is 11.4. The van der Waals surface area contributed by atoms with E-state index in [1.165, 1.54) is 18.4 Å². The maximum absolute atomic E-state index is 4.42. The van der Waals surface area contributed by atoms with Crippen molar-refractivity contribution in [2.75, 3.05) is 19.6 Å². The van der Waals surface area contributed by atoms with Crippen LogP contribution in [0.3, 0.4) is 0 Å². The van der Waals surface area contributed by atoms with E-state index < -0.39 is 0 Å². The summed E-state index contributed by atoms with van der Waals surface area (Å²) in [5, 5.41) is 6.55. The summed E-state index contributed by atoms with van der Waals surface area (Å²) in [5.41, 5.74) is 1.18. The molecular formula is C13H19N5. The third-order valence-electron chi connectivity index (χ3n) is 3.27. The molecule has 0 radical (unpaired) electrons. The number of hydrogen-bond donors (Lipinski definition) is 2. The number of nitrogens with one attached hydrogen (secondary N) is 2. The number of nitrogens with zero attached hydrogens (tertiary/aromatic N) is 3. The van der Waals surface area contributed by atoms with Crippen LogP contribution < -0.4 is 10.6 Å². The predicted octanol–water partition coefficient (Wildman–Crippen LogP) is 0.835. The number of rotatable bonds is 4. The second kappa shape index (κ2) is 5.33. The zero-order valence-corrected chi connectivity index (χ0v) is 10.5. The van der Waals surface area contributed by atoms with Gasteiger partial charge in [-0.15, -0.1) is 0 Å². The summed E-state index contributed by atoms with van der Waals surface area (Å²) in [6.45, 7) is 2.82. The van der Waals surface area contributed by atoms with Gasteiger partial charge in [0.05, 0.1) is 0 Å². The van der Waals surface area contributed by atoms with Crippen molar-refractivity contribution >= 4 is 5.96 Å². The summed E-state index contributed by atoms with van der Waals surface area (Å²) in [5.74, 6) is 2.58. The van der Waals surface area contributed by atoms with Gasteiger partial charge in [0.2, 0.25) is 0 Å². The molecule has 1 saturated carbocycles. The van der Waals surface area contributed by atoms with E-state index in [4.69, 9.17) is 0 Å². The summed E-state index contributed by atoms with van der Waals surface area (Å²) in [6, 6.07) is 0. The van der Waals surface area contributed by atoms with Gasteiger partial charge >= 0.3 is 0 Å². The van der Waals surface area contributed by atoms with Crippen molar-refractivity contribution in [1.82, 2.24) is 20.6 Å². The monoisotopic (exact) mass is 245 g/mol. The van der Waals surface area contributed by atoms with Gasteiger partial charge in [-0.25, -0.2) is 9.97 Å². The molecule has 96 valence electrons. The van der Waals surface area contributed by atoms with Gasteiger partial charge in [-0.2, -0.15) is 0 Å². The van der Waals surface area contributed by atoms with E-state index in [1.54, 1.807) is 0 Å². The SMILES string of the molecule is c1nc(C2CC2)ncc1CCNC1=NCCCN1. The van der Waals surface area contributed by atoms with Crippen LogP contribution in [-0.2, 0) is 6.42 Å². The highest BCUT2D eigenvalue weighted by molar-refractivity contribution is 5.80. The fourth-order valence-corrected chi connectivity index (χ4v) is 2.02. The van der Waals surface area contributed by atoms with E-state index in [0.29, 0.717) is 5.92 Å². The van der Waals surface area contributed by atoms with Crippen LogP contribution in [-0.4, -0.2) is 35.6 Å². The van der Waals surface area contributed by atoms with E-state index in [2.05, 4.69) is 25.6 Å². The van der Waals surface area contributed by atoms with Gasteiger partial charge in [-0.3, -0.25) is 4.99 Å². The first-order valence-corrected chi connectivity index (χ1v) is 6.75. The lowest BCUT2D eigenvalue weighted by molar-refractivity contribution is 0.699. The van der Waals surface area contributed by atoms with Gasteiger partial charge in [-0.1, -0.05) is 0 Å². The quantitative estimate of drug-likeness (QED) is 0.825. The van der Waals surface area contributed by atoms with Gasteiger partial charge in [0.15, 0.2) is 5.96 Å². The minimum Gasteiger partial charge on any atom is -0.356 e. The zero-order valence-electron chi connectivity index (χ0n) is 10.5. The van der Waals surface area contributed by atoms with E-state index in [9.17, 15) is 0 Å². The summed E-state index contributed by atoms with van der Waals surface area (Å²) >= 11 is 0. The average Bonchev–Trinajstić information content (AvgIpc) is 3.25. The molecule has 0 bridgehead atoms. The van der Waals surface area contributed by atoms with Crippen molar-refractivity contribution < 1.29 is 0 Å². The molecule has 1 fully saturated rings. The molecular weight excluding hydrogens is 226 g/mol. The molecule has 0 amide bonds. The largest absolute Gasteiger partial charge is 0.356 e. The topological polar surface area (TPSA) is 62.2 Å². The molecule has 5 nitrogen and oxygen atoms in total. The zero-order chi connectivity index (χ0) is 12.2. The Labute approximate surface area is 107 Å². The minimum atomic E-state index is 0.637. The van der Waals surface area contributed by atoms with Crippen LogP contribution in [0.25, 0.3) is 0 Å². The van der Waals surface area contributed by atoms with Crippen molar-refractivity contribution in [1.29, 1.82) is 0 Å². The first-order chi connectivity index (χ1) is 8.92. The molecule has 5 heteroatoms. The highest BCUT2D eigenvalue weighted by Crippen LogP contribution is 2.37. The summed E-state index contributed by atoms with van der Waals surface area (Å²) in [7, 11) is 0. The van der Waals surface area contributed by atoms with E-state index in [0.717, 1.165) is 44.3 Å². The molecule has 18 heavy (non-hydrogen) atoms. The second-order valence-corrected chi connectivity index (χ2v) is 4.91. The molecule has 1 aliphatic carbocycles. The third-order valence-corrected chi connectivity index (χ3v) is 3.27. The molecule has 1 aromatic rings. The molecule has 1 aromatic heterocycles. The van der Waals surface area contributed by atoms with Gasteiger partial charge in [-0.05, 0) is 31.2 Å². The van der Waals surface area contributed by atoms with Crippen molar-refractivity contribution in [3.63, 3.8) is 0 Å². The summed E-state index contributed by atoms with van der Waals surface area (Å²) in [6.07, 6.45) is 8.49. The third kappa shape index (κ3) is 2.97. The smallest absolute Gasteiger partial charge is 0.191 e. The minimum absolute atomic E-state index is 0.637. The average molecular weight is 245 g/mol. The molecule has 2 heterocycles. The summed E-state index contributed by atoms with van der Waals surface area (Å²) in [4.78, 5) is 13.2. The van der Waals surface area contributed by atoms with Crippen LogP contribution in [0.4, 0.5) is 0 Å². The fraction of sp³-hybridized carbons (Fsp3) is 0.615. The number of guanidine groups is 1. The van der Waals surface area contributed by atoms with Crippen LogP contribution >= 0.6 is 0 Å². The molecule has 2 N–H and O–H groups in total. The molecule has 0 aromatic carbocycles. The first-order valence-electron chi connectivity index (χ1n) is 6.75. The maximum Gasteiger partial charge on any atom is 0.191 e. The van der Waals surface area contributed by atoms with Crippen LogP contribution in [0, 0.1) is 0 Å². The lowest BCUT2D eigenvalue weighted by atomic mass is 10.2. The Morgan fingerprint density at radius 2 is 2.11 bits per heavy atom. The normalized spacial score (nSPS) is 19.0. The van der Waals surface area contributed by atoms with Crippen molar-refractivity contribution in [2.24, 2.45) is 4.99 Å². The number of aliphatic imine (C=N–C) groups is 1. The summed E-state index contributed by atoms with van der Waals surface area (Å²) < 4.78 is 0. The highest BCUT2D eigenvalue weighted by atomic mass is 15.2. The Kier molecular flexibility index (Phi) is 3.39. The molecule has 3 rings (SSSR count). The standard InChI is InChI=1S/C13H19N5/c1-5-14-13(15-6-1)16-7-4-10-8-17-12(18-9-10)11-2-3-11/h8-9,11H,1-7H2,(H2,14,15,16). The van der Waals surface area contributed by atoms with Crippen molar-refractivity contribution in [3.05, 3.63) is 23.8 Å². The molecule has 0 unspecified atom stereocenters. The van der Waals surface area contributed by atoms with Gasteiger partial charge < -0.3 is 10.6 Å². The maximum atomic E-state index is 4.42. The second-order valence-electron chi connectivity index (χ2n) is 4.91. The van der Waals surface area contributed by atoms with Crippen molar-refractivity contribution in [2.45, 2.75) is 31.6 Å². The fourth-order valence-electron chi connectivity index (χ4n) is 2.02.